The van der Waals surface area contributed by atoms with Gasteiger partial charge in [0.25, 0.3) is 5.69 Å². The topological polar surface area (TPSA) is 69.4 Å². The first-order valence-corrected chi connectivity index (χ1v) is 7.53. The van der Waals surface area contributed by atoms with Crippen LogP contribution in [0.4, 0.5) is 5.69 Å². The molecular weight excluding hydrogens is 320 g/mol. The molecule has 0 aliphatic carbocycles. The zero-order valence-corrected chi connectivity index (χ0v) is 14.4. The van der Waals surface area contributed by atoms with E-state index in [9.17, 15) is 14.9 Å². The molecule has 0 spiro atoms. The summed E-state index contributed by atoms with van der Waals surface area (Å²) in [7, 11) is 6.23. The Balaban J connectivity index is 2.62. The van der Waals surface area contributed by atoms with Crippen molar-refractivity contribution in [3.63, 3.8) is 0 Å². The van der Waals surface area contributed by atoms with Crippen LogP contribution in [0.5, 0.6) is 5.75 Å². The van der Waals surface area contributed by atoms with E-state index in [-0.39, 0.29) is 17.0 Å². The number of ketones is 1. The molecule has 114 valence electrons. The van der Waals surface area contributed by atoms with E-state index in [4.69, 9.17) is 4.74 Å². The van der Waals surface area contributed by atoms with E-state index < -0.39 is 4.92 Å². The minimum atomic E-state index is -0.503. The molecule has 0 amide bonds. The van der Waals surface area contributed by atoms with Crippen molar-refractivity contribution < 1.29 is 14.5 Å². The molecule has 0 radical (unpaired) electrons. The number of benzene rings is 2. The average Bonchev–Trinajstić information content (AvgIpc) is 2.46. The fourth-order valence-corrected chi connectivity index (χ4v) is 3.08. The smallest absolute Gasteiger partial charge is 0.277 e. The second kappa shape index (κ2) is 6.51. The predicted octanol–water partition coefficient (Wildman–Crippen LogP) is 2.14. The molecule has 0 heterocycles. The van der Waals surface area contributed by atoms with Crippen LogP contribution in [0.15, 0.2) is 30.3 Å². The molecule has 22 heavy (non-hydrogen) atoms. The van der Waals surface area contributed by atoms with E-state index >= 15 is 0 Å². The third kappa shape index (κ3) is 3.16. The van der Waals surface area contributed by atoms with Gasteiger partial charge in [-0.15, -0.1) is 9.24 Å². The summed E-state index contributed by atoms with van der Waals surface area (Å²) >= 11 is 0. The highest BCUT2D eigenvalue weighted by Crippen LogP contribution is 2.24. The summed E-state index contributed by atoms with van der Waals surface area (Å²) in [5, 5.41) is 12.1. The Morgan fingerprint density at radius 1 is 1.14 bits per heavy atom. The van der Waals surface area contributed by atoms with Gasteiger partial charge in [0.15, 0.2) is 5.78 Å². The monoisotopic (exact) mass is 335 g/mol. The van der Waals surface area contributed by atoms with Crippen molar-refractivity contribution >= 4 is 40.6 Å². The highest BCUT2D eigenvalue weighted by Gasteiger charge is 2.21. The Morgan fingerprint density at radius 3 is 2.41 bits per heavy atom. The third-order valence-electron chi connectivity index (χ3n) is 3.24. The number of rotatable bonds is 4. The number of ether oxygens (including phenoxy) is 1. The number of nitro benzene ring substituents is 1. The predicted molar refractivity (Wildman–Crippen MR) is 92.9 cm³/mol. The summed E-state index contributed by atoms with van der Waals surface area (Å²) in [5.74, 6) is 0.135. The summed E-state index contributed by atoms with van der Waals surface area (Å²) in [5.41, 5.74) is 1.46. The van der Waals surface area contributed by atoms with Crippen LogP contribution in [0, 0.1) is 17.0 Å². The van der Waals surface area contributed by atoms with Crippen LogP contribution in [-0.2, 0) is 0 Å². The molecular formula is C15H15NO4P2. The van der Waals surface area contributed by atoms with E-state index in [0.717, 1.165) is 5.56 Å². The summed E-state index contributed by atoms with van der Waals surface area (Å²) < 4.78 is 5.22. The van der Waals surface area contributed by atoms with Crippen molar-refractivity contribution in [2.24, 2.45) is 0 Å². The van der Waals surface area contributed by atoms with Crippen molar-refractivity contribution in [3.8, 4) is 5.75 Å². The zero-order chi connectivity index (χ0) is 16.4. The van der Waals surface area contributed by atoms with Crippen molar-refractivity contribution in [2.45, 2.75) is 6.92 Å². The van der Waals surface area contributed by atoms with Gasteiger partial charge in [-0.2, -0.15) is 0 Å². The van der Waals surface area contributed by atoms with E-state index in [1.807, 2.05) is 13.0 Å². The molecule has 2 aromatic rings. The number of methoxy groups -OCH3 is 1. The molecule has 0 N–H and O–H groups in total. The first-order valence-electron chi connectivity index (χ1n) is 6.38. The minimum absolute atomic E-state index is 0.105. The zero-order valence-electron chi connectivity index (χ0n) is 12.1. The van der Waals surface area contributed by atoms with Gasteiger partial charge >= 0.3 is 0 Å². The van der Waals surface area contributed by atoms with Crippen LogP contribution in [0.1, 0.15) is 21.5 Å². The van der Waals surface area contributed by atoms with Gasteiger partial charge in [-0.3, -0.25) is 14.9 Å². The maximum atomic E-state index is 12.8. The van der Waals surface area contributed by atoms with Gasteiger partial charge in [0.2, 0.25) is 0 Å². The largest absolute Gasteiger partial charge is 0.496 e. The molecule has 7 heteroatoms. The van der Waals surface area contributed by atoms with Crippen LogP contribution in [0.3, 0.4) is 0 Å². The van der Waals surface area contributed by atoms with Crippen LogP contribution in [0.25, 0.3) is 0 Å². The summed E-state index contributed by atoms with van der Waals surface area (Å²) in [6.07, 6.45) is 0. The van der Waals surface area contributed by atoms with Crippen molar-refractivity contribution in [1.82, 2.24) is 0 Å². The van der Waals surface area contributed by atoms with Crippen LogP contribution < -0.4 is 15.3 Å². The van der Waals surface area contributed by atoms with Crippen LogP contribution >= 0.6 is 18.5 Å². The Labute approximate surface area is 132 Å². The lowest BCUT2D eigenvalue weighted by Crippen LogP contribution is -2.17. The van der Waals surface area contributed by atoms with Crippen LogP contribution in [0.2, 0.25) is 0 Å². The maximum Gasteiger partial charge on any atom is 0.277 e. The number of hydrogen-bond acceptors (Lipinski definition) is 4. The molecule has 0 saturated heterocycles. The summed E-state index contributed by atoms with van der Waals surface area (Å²) in [6.45, 7) is 1.87. The third-order valence-corrected chi connectivity index (χ3v) is 4.18. The molecule has 2 rings (SSSR count). The number of aryl methyl sites for hydroxylation is 1. The van der Waals surface area contributed by atoms with Gasteiger partial charge in [0.1, 0.15) is 5.75 Å². The molecule has 0 aromatic heterocycles. The fraction of sp³-hybridized carbons (Fsp3) is 0.133. The van der Waals surface area contributed by atoms with E-state index in [1.165, 1.54) is 13.2 Å². The van der Waals surface area contributed by atoms with Gasteiger partial charge in [-0.05, 0) is 30.4 Å². The molecule has 0 aliphatic heterocycles. The Kier molecular flexibility index (Phi) is 4.90. The minimum Gasteiger partial charge on any atom is -0.496 e. The Bertz CT molecular complexity index is 774. The second-order valence-corrected chi connectivity index (χ2v) is 6.03. The number of hydrogen-bond donors (Lipinski definition) is 0. The Hall–Kier alpha value is -1.83. The van der Waals surface area contributed by atoms with Gasteiger partial charge in [-0.1, -0.05) is 20.9 Å². The second-order valence-electron chi connectivity index (χ2n) is 4.79. The van der Waals surface area contributed by atoms with E-state index in [2.05, 4.69) is 18.5 Å². The summed E-state index contributed by atoms with van der Waals surface area (Å²) in [6, 6.07) is 8.15. The lowest BCUT2D eigenvalue weighted by Gasteiger charge is -2.11. The number of carbonyl (C=O) groups is 1. The van der Waals surface area contributed by atoms with Gasteiger partial charge in [0, 0.05) is 16.9 Å². The molecule has 2 aromatic carbocycles. The molecule has 2 atom stereocenters. The van der Waals surface area contributed by atoms with Crippen molar-refractivity contribution in [2.75, 3.05) is 7.11 Å². The van der Waals surface area contributed by atoms with Gasteiger partial charge in [-0.25, -0.2) is 0 Å². The molecule has 5 nitrogen and oxygen atoms in total. The first kappa shape index (κ1) is 16.5. The highest BCUT2D eigenvalue weighted by molar-refractivity contribution is 7.30. The number of nitrogens with zero attached hydrogens (tertiary/aromatic N) is 1. The van der Waals surface area contributed by atoms with Crippen molar-refractivity contribution in [3.05, 3.63) is 57.1 Å². The highest BCUT2D eigenvalue weighted by atomic mass is 31.0. The Morgan fingerprint density at radius 2 is 1.82 bits per heavy atom. The quantitative estimate of drug-likeness (QED) is 0.372. The normalized spacial score (nSPS) is 10.4. The lowest BCUT2D eigenvalue weighted by molar-refractivity contribution is -0.383. The number of carbonyl (C=O) groups excluding carboxylic acids is 1. The fourth-order valence-electron chi connectivity index (χ4n) is 2.12. The molecule has 2 unspecified atom stereocenters. The van der Waals surface area contributed by atoms with Crippen LogP contribution in [-0.4, -0.2) is 17.8 Å². The molecule has 0 bridgehead atoms. The first-order chi connectivity index (χ1) is 10.3. The average molecular weight is 335 g/mol. The summed E-state index contributed by atoms with van der Waals surface area (Å²) in [4.78, 5) is 23.3. The van der Waals surface area contributed by atoms with E-state index in [0.29, 0.717) is 21.9 Å². The van der Waals surface area contributed by atoms with Gasteiger partial charge < -0.3 is 4.74 Å². The number of nitro groups is 1. The van der Waals surface area contributed by atoms with Gasteiger partial charge in [0.05, 0.1) is 17.6 Å². The lowest BCUT2D eigenvalue weighted by atomic mass is 10.00. The van der Waals surface area contributed by atoms with Crippen molar-refractivity contribution in [1.29, 1.82) is 0 Å². The van der Waals surface area contributed by atoms with E-state index in [1.54, 1.807) is 18.2 Å². The molecule has 0 fully saturated rings. The molecule has 0 aliphatic rings. The maximum absolute atomic E-state index is 12.8. The SMILES string of the molecule is COc1ccc(C)cc1C(=O)c1cc([N+](=O)[O-])c(P)cc1P. The standard InChI is InChI=1S/C15H15NO4P2/c1-8-3-4-12(20-2)9(5-8)15(17)10-6-11(16(18)19)14(22)7-13(10)21/h3-7H,21-22H2,1-2H3. The molecule has 0 saturated carbocycles.